The van der Waals surface area contributed by atoms with Gasteiger partial charge >= 0.3 is 0 Å². The summed E-state index contributed by atoms with van der Waals surface area (Å²) in [6.07, 6.45) is 8.13. The van der Waals surface area contributed by atoms with E-state index in [2.05, 4.69) is 12.2 Å². The van der Waals surface area contributed by atoms with Crippen molar-refractivity contribution < 1.29 is 4.74 Å². The van der Waals surface area contributed by atoms with Crippen LogP contribution in [0.2, 0.25) is 0 Å². The summed E-state index contributed by atoms with van der Waals surface area (Å²) in [5, 5.41) is 3.76. The van der Waals surface area contributed by atoms with Crippen molar-refractivity contribution in [2.45, 2.75) is 57.5 Å². The predicted molar refractivity (Wildman–Crippen MR) is 58.4 cm³/mol. The van der Waals surface area contributed by atoms with Crippen molar-refractivity contribution in [3.05, 3.63) is 0 Å². The Bertz CT molecular complexity index is 166. The minimum atomic E-state index is 0.638. The van der Waals surface area contributed by atoms with Crippen molar-refractivity contribution in [2.75, 3.05) is 13.2 Å². The predicted octanol–water partition coefficient (Wildman–Crippen LogP) is 2.33. The summed E-state index contributed by atoms with van der Waals surface area (Å²) < 4.78 is 5.49. The fourth-order valence-corrected chi connectivity index (χ4v) is 2.79. The smallest absolute Gasteiger partial charge is 0.0619 e. The molecule has 2 unspecified atom stereocenters. The molecule has 0 bridgehead atoms. The van der Waals surface area contributed by atoms with E-state index in [1.807, 2.05) is 0 Å². The molecule has 1 N–H and O–H groups in total. The van der Waals surface area contributed by atoms with E-state index in [1.54, 1.807) is 0 Å². The van der Waals surface area contributed by atoms with Crippen LogP contribution in [-0.2, 0) is 4.74 Å². The highest BCUT2D eigenvalue weighted by Gasteiger charge is 2.22. The molecule has 2 rings (SSSR count). The van der Waals surface area contributed by atoms with Crippen LogP contribution in [0.1, 0.15) is 45.4 Å². The summed E-state index contributed by atoms with van der Waals surface area (Å²) in [6.45, 7) is 4.29. The summed E-state index contributed by atoms with van der Waals surface area (Å²) in [5.41, 5.74) is 0. The highest BCUT2D eigenvalue weighted by atomic mass is 16.5. The quantitative estimate of drug-likeness (QED) is 0.733. The van der Waals surface area contributed by atoms with E-state index in [1.165, 1.54) is 38.5 Å². The number of hydrogen-bond acceptors (Lipinski definition) is 2. The lowest BCUT2D eigenvalue weighted by atomic mass is 9.86. The second kappa shape index (κ2) is 5.13. The molecule has 14 heavy (non-hydrogen) atoms. The zero-order valence-corrected chi connectivity index (χ0v) is 9.30. The molecule has 2 fully saturated rings. The van der Waals surface area contributed by atoms with Gasteiger partial charge < -0.3 is 10.1 Å². The summed E-state index contributed by atoms with van der Waals surface area (Å²) in [7, 11) is 0. The SMILES string of the molecule is CC1CCCC(N[C@@H]2CCCOC2)C1. The zero-order chi connectivity index (χ0) is 9.80. The van der Waals surface area contributed by atoms with Crippen LogP contribution in [0.25, 0.3) is 0 Å². The van der Waals surface area contributed by atoms with E-state index >= 15 is 0 Å². The second-order valence-corrected chi connectivity index (χ2v) is 5.05. The Morgan fingerprint density at radius 3 is 2.64 bits per heavy atom. The Balaban J connectivity index is 1.72. The van der Waals surface area contributed by atoms with Gasteiger partial charge in [-0.25, -0.2) is 0 Å². The van der Waals surface area contributed by atoms with Crippen molar-refractivity contribution in [1.29, 1.82) is 0 Å². The third-order valence-corrected chi connectivity index (χ3v) is 3.57. The Labute approximate surface area is 87.4 Å². The zero-order valence-electron chi connectivity index (χ0n) is 9.30. The van der Waals surface area contributed by atoms with Crippen LogP contribution < -0.4 is 5.32 Å². The van der Waals surface area contributed by atoms with Gasteiger partial charge in [0.15, 0.2) is 0 Å². The van der Waals surface area contributed by atoms with Gasteiger partial charge in [-0.3, -0.25) is 0 Å². The van der Waals surface area contributed by atoms with E-state index in [-0.39, 0.29) is 0 Å². The first kappa shape index (κ1) is 10.4. The first-order valence-electron chi connectivity index (χ1n) is 6.18. The third kappa shape index (κ3) is 2.96. The molecule has 0 aromatic heterocycles. The van der Waals surface area contributed by atoms with Crippen molar-refractivity contribution in [3.63, 3.8) is 0 Å². The molecule has 0 spiro atoms. The normalized spacial score (nSPS) is 39.6. The van der Waals surface area contributed by atoms with E-state index in [4.69, 9.17) is 4.74 Å². The first-order chi connectivity index (χ1) is 6.84. The van der Waals surface area contributed by atoms with Crippen molar-refractivity contribution in [3.8, 4) is 0 Å². The van der Waals surface area contributed by atoms with Crippen molar-refractivity contribution >= 4 is 0 Å². The van der Waals surface area contributed by atoms with Gasteiger partial charge in [-0.1, -0.05) is 19.8 Å². The number of rotatable bonds is 2. The maximum Gasteiger partial charge on any atom is 0.0619 e. The lowest BCUT2D eigenvalue weighted by Gasteiger charge is -2.33. The van der Waals surface area contributed by atoms with E-state index < -0.39 is 0 Å². The third-order valence-electron chi connectivity index (χ3n) is 3.57. The summed E-state index contributed by atoms with van der Waals surface area (Å²) in [5.74, 6) is 0.922. The van der Waals surface area contributed by atoms with Gasteiger partial charge in [-0.05, 0) is 31.6 Å². The van der Waals surface area contributed by atoms with Gasteiger partial charge in [-0.2, -0.15) is 0 Å². The van der Waals surface area contributed by atoms with E-state index in [0.29, 0.717) is 6.04 Å². The number of nitrogens with one attached hydrogen (secondary N) is 1. The fourth-order valence-electron chi connectivity index (χ4n) is 2.79. The lowest BCUT2D eigenvalue weighted by molar-refractivity contribution is 0.0629. The summed E-state index contributed by atoms with van der Waals surface area (Å²) >= 11 is 0. The topological polar surface area (TPSA) is 21.3 Å². The number of hydrogen-bond donors (Lipinski definition) is 1. The van der Waals surface area contributed by atoms with Gasteiger partial charge in [0.1, 0.15) is 0 Å². The Morgan fingerprint density at radius 2 is 1.93 bits per heavy atom. The van der Waals surface area contributed by atoms with Gasteiger partial charge in [0.25, 0.3) is 0 Å². The minimum Gasteiger partial charge on any atom is -0.380 e. The molecule has 0 aromatic rings. The van der Waals surface area contributed by atoms with Crippen LogP contribution in [-0.4, -0.2) is 25.3 Å². The molecule has 3 atom stereocenters. The lowest BCUT2D eigenvalue weighted by Crippen LogP contribution is -2.44. The molecule has 1 saturated carbocycles. The highest BCUT2D eigenvalue weighted by Crippen LogP contribution is 2.24. The second-order valence-electron chi connectivity index (χ2n) is 5.05. The molecule has 2 aliphatic rings. The average molecular weight is 197 g/mol. The van der Waals surface area contributed by atoms with Crippen LogP contribution >= 0.6 is 0 Å². The fraction of sp³-hybridized carbons (Fsp3) is 1.00. The molecular formula is C12H23NO. The van der Waals surface area contributed by atoms with Crippen LogP contribution in [0.4, 0.5) is 0 Å². The van der Waals surface area contributed by atoms with Crippen LogP contribution in [0.3, 0.4) is 0 Å². The summed E-state index contributed by atoms with van der Waals surface area (Å²) in [4.78, 5) is 0. The monoisotopic (exact) mass is 197 g/mol. The molecule has 1 aliphatic heterocycles. The maximum atomic E-state index is 5.49. The van der Waals surface area contributed by atoms with Crippen LogP contribution in [0.5, 0.6) is 0 Å². The molecule has 2 nitrogen and oxygen atoms in total. The Hall–Kier alpha value is -0.0800. The minimum absolute atomic E-state index is 0.638. The Morgan fingerprint density at radius 1 is 1.07 bits per heavy atom. The van der Waals surface area contributed by atoms with Crippen LogP contribution in [0.15, 0.2) is 0 Å². The van der Waals surface area contributed by atoms with Gasteiger partial charge in [0.05, 0.1) is 6.61 Å². The molecule has 1 heterocycles. The average Bonchev–Trinajstić information content (AvgIpc) is 2.19. The van der Waals surface area contributed by atoms with Crippen molar-refractivity contribution in [1.82, 2.24) is 5.32 Å². The Kier molecular flexibility index (Phi) is 3.82. The van der Waals surface area contributed by atoms with Gasteiger partial charge in [0, 0.05) is 18.7 Å². The molecule has 1 saturated heterocycles. The van der Waals surface area contributed by atoms with Crippen LogP contribution in [0, 0.1) is 5.92 Å². The molecule has 2 heteroatoms. The van der Waals surface area contributed by atoms with Gasteiger partial charge in [-0.15, -0.1) is 0 Å². The molecule has 0 aromatic carbocycles. The van der Waals surface area contributed by atoms with E-state index in [9.17, 15) is 0 Å². The summed E-state index contributed by atoms with van der Waals surface area (Å²) in [6, 6.07) is 1.41. The largest absolute Gasteiger partial charge is 0.380 e. The molecular weight excluding hydrogens is 174 g/mol. The molecule has 0 amide bonds. The first-order valence-corrected chi connectivity index (χ1v) is 6.18. The van der Waals surface area contributed by atoms with Gasteiger partial charge in [0.2, 0.25) is 0 Å². The maximum absolute atomic E-state index is 5.49. The van der Waals surface area contributed by atoms with E-state index in [0.717, 1.165) is 25.2 Å². The molecule has 1 aliphatic carbocycles. The molecule has 0 radical (unpaired) electrons. The number of ether oxygens (including phenoxy) is 1. The van der Waals surface area contributed by atoms with Crippen molar-refractivity contribution in [2.24, 2.45) is 5.92 Å². The standard InChI is InChI=1S/C12H23NO/c1-10-4-2-5-11(8-10)13-12-6-3-7-14-9-12/h10-13H,2-9H2,1H3/t10?,11?,12-/m1/s1. The highest BCUT2D eigenvalue weighted by molar-refractivity contribution is 4.80. The molecule has 82 valence electrons.